The Morgan fingerprint density at radius 1 is 1.25 bits per heavy atom. The minimum Gasteiger partial charge on any atom is -0.493 e. The molecule has 1 aliphatic rings. The average Bonchev–Trinajstić information content (AvgIpc) is 3.01. The van der Waals surface area contributed by atoms with Crippen molar-refractivity contribution in [3.63, 3.8) is 0 Å². The molecule has 3 rings (SSSR count). The molecule has 7 heteroatoms. The molecule has 2 aromatic carbocycles. The number of halogens is 1. The molecule has 0 unspecified atom stereocenters. The van der Waals surface area contributed by atoms with Crippen molar-refractivity contribution >= 4 is 50.5 Å². The fourth-order valence-corrected chi connectivity index (χ4v) is 3.95. The number of hydrogen-bond donors (Lipinski definition) is 1. The molecule has 1 amide bonds. The number of amides is 1. The van der Waals surface area contributed by atoms with Gasteiger partial charge in [0.1, 0.15) is 0 Å². The number of hydrogen-bond acceptors (Lipinski definition) is 5. The van der Waals surface area contributed by atoms with Gasteiger partial charge in [-0.25, -0.2) is 4.99 Å². The summed E-state index contributed by atoms with van der Waals surface area (Å²) in [5.41, 5.74) is 2.80. The van der Waals surface area contributed by atoms with Crippen LogP contribution in [-0.4, -0.2) is 24.8 Å². The van der Waals surface area contributed by atoms with E-state index in [-0.39, 0.29) is 5.91 Å². The molecule has 1 saturated heterocycles. The van der Waals surface area contributed by atoms with Gasteiger partial charge in [-0.2, -0.15) is 0 Å². The van der Waals surface area contributed by atoms with Crippen molar-refractivity contribution in [2.45, 2.75) is 20.3 Å². The molecular weight excluding hydrogens is 440 g/mol. The first-order valence-electron chi connectivity index (χ1n) is 8.86. The Hall–Kier alpha value is -2.25. The van der Waals surface area contributed by atoms with E-state index in [1.54, 1.807) is 7.11 Å². The van der Waals surface area contributed by atoms with Gasteiger partial charge in [-0.15, -0.1) is 0 Å². The van der Waals surface area contributed by atoms with Crippen LogP contribution in [0.5, 0.6) is 11.5 Å². The molecule has 1 heterocycles. The lowest BCUT2D eigenvalue weighted by Crippen LogP contribution is -2.19. The van der Waals surface area contributed by atoms with Crippen LogP contribution in [0.2, 0.25) is 0 Å². The van der Waals surface area contributed by atoms with E-state index in [4.69, 9.17) is 9.47 Å². The molecular formula is C21H21BrN2O3S. The van der Waals surface area contributed by atoms with Crippen LogP contribution in [0.25, 0.3) is 6.08 Å². The van der Waals surface area contributed by atoms with Gasteiger partial charge in [0.25, 0.3) is 5.91 Å². The van der Waals surface area contributed by atoms with Gasteiger partial charge < -0.3 is 14.8 Å². The van der Waals surface area contributed by atoms with Crippen LogP contribution >= 0.6 is 27.7 Å². The van der Waals surface area contributed by atoms with Gasteiger partial charge in [0.15, 0.2) is 16.7 Å². The van der Waals surface area contributed by atoms with Crippen LogP contribution < -0.4 is 14.8 Å². The van der Waals surface area contributed by atoms with Gasteiger partial charge in [-0.3, -0.25) is 4.79 Å². The van der Waals surface area contributed by atoms with Crippen molar-refractivity contribution in [1.29, 1.82) is 0 Å². The first kappa shape index (κ1) is 20.5. The smallest absolute Gasteiger partial charge is 0.264 e. The number of benzene rings is 2. The summed E-state index contributed by atoms with van der Waals surface area (Å²) in [7, 11) is 1.60. The van der Waals surface area contributed by atoms with E-state index in [0.29, 0.717) is 28.2 Å². The fraction of sp³-hybridized carbons (Fsp3) is 0.238. The number of thioether (sulfide) groups is 1. The van der Waals surface area contributed by atoms with Crippen molar-refractivity contribution in [3.05, 3.63) is 56.9 Å². The Labute approximate surface area is 177 Å². The van der Waals surface area contributed by atoms with Gasteiger partial charge in [0, 0.05) is 0 Å². The summed E-state index contributed by atoms with van der Waals surface area (Å²) in [6.07, 6.45) is 2.72. The molecule has 1 aliphatic heterocycles. The van der Waals surface area contributed by atoms with Gasteiger partial charge in [0.2, 0.25) is 0 Å². The highest BCUT2D eigenvalue weighted by Gasteiger charge is 2.24. The maximum Gasteiger partial charge on any atom is 0.264 e. The highest BCUT2D eigenvalue weighted by atomic mass is 79.9. The van der Waals surface area contributed by atoms with Gasteiger partial charge in [0.05, 0.1) is 28.8 Å². The summed E-state index contributed by atoms with van der Waals surface area (Å²) in [6.45, 7) is 4.67. The third-order valence-electron chi connectivity index (χ3n) is 3.92. The lowest BCUT2D eigenvalue weighted by Gasteiger charge is -2.13. The molecule has 28 heavy (non-hydrogen) atoms. The fourth-order valence-electron chi connectivity index (χ4n) is 2.54. The maximum atomic E-state index is 12.3. The molecule has 0 aromatic heterocycles. The number of carbonyl (C=O) groups is 1. The Bertz CT molecular complexity index is 939. The number of nitrogens with one attached hydrogen (secondary N) is 1. The van der Waals surface area contributed by atoms with Crippen molar-refractivity contribution in [1.82, 2.24) is 5.32 Å². The predicted octanol–water partition coefficient (Wildman–Crippen LogP) is 5.45. The zero-order chi connectivity index (χ0) is 20.1. The zero-order valence-electron chi connectivity index (χ0n) is 15.9. The Morgan fingerprint density at radius 2 is 2.00 bits per heavy atom. The van der Waals surface area contributed by atoms with Crippen molar-refractivity contribution in [2.75, 3.05) is 13.7 Å². The second kappa shape index (κ2) is 9.30. The summed E-state index contributed by atoms with van der Waals surface area (Å²) >= 11 is 4.84. The van der Waals surface area contributed by atoms with E-state index < -0.39 is 0 Å². The lowest BCUT2D eigenvalue weighted by molar-refractivity contribution is -0.115. The number of methoxy groups -OCH3 is 1. The highest BCUT2D eigenvalue weighted by molar-refractivity contribution is 9.10. The van der Waals surface area contributed by atoms with Crippen LogP contribution in [-0.2, 0) is 4.79 Å². The van der Waals surface area contributed by atoms with Crippen LogP contribution in [0.15, 0.2) is 50.8 Å². The molecule has 0 bridgehead atoms. The molecule has 0 radical (unpaired) electrons. The molecule has 146 valence electrons. The van der Waals surface area contributed by atoms with E-state index in [0.717, 1.165) is 22.1 Å². The highest BCUT2D eigenvalue weighted by Crippen LogP contribution is 2.38. The second-order valence-electron chi connectivity index (χ2n) is 6.20. The molecule has 0 saturated carbocycles. The Balaban J connectivity index is 1.84. The zero-order valence-corrected chi connectivity index (χ0v) is 18.3. The van der Waals surface area contributed by atoms with Gasteiger partial charge >= 0.3 is 0 Å². The first-order valence-corrected chi connectivity index (χ1v) is 10.5. The SMILES string of the molecule is CCCOc1c(Br)cc(C=C2SC(=Nc3ccc(C)cc3)NC2=O)cc1OC. The van der Waals surface area contributed by atoms with Crippen LogP contribution in [0.4, 0.5) is 5.69 Å². The monoisotopic (exact) mass is 460 g/mol. The summed E-state index contributed by atoms with van der Waals surface area (Å²) in [4.78, 5) is 17.4. The van der Waals surface area contributed by atoms with E-state index in [1.807, 2.05) is 56.3 Å². The summed E-state index contributed by atoms with van der Waals surface area (Å²) < 4.78 is 12.0. The Kier molecular flexibility index (Phi) is 6.80. The molecule has 1 N–H and O–H groups in total. The van der Waals surface area contributed by atoms with E-state index >= 15 is 0 Å². The first-order chi connectivity index (χ1) is 13.5. The largest absolute Gasteiger partial charge is 0.493 e. The molecule has 0 atom stereocenters. The third-order valence-corrected chi connectivity index (χ3v) is 5.41. The third kappa shape index (κ3) is 4.97. The number of rotatable bonds is 6. The van der Waals surface area contributed by atoms with Crippen molar-refractivity contribution in [3.8, 4) is 11.5 Å². The molecule has 0 spiro atoms. The maximum absolute atomic E-state index is 12.3. The van der Waals surface area contributed by atoms with Crippen molar-refractivity contribution < 1.29 is 14.3 Å². The number of amidine groups is 1. The Morgan fingerprint density at radius 3 is 2.68 bits per heavy atom. The van der Waals surface area contributed by atoms with E-state index in [1.165, 1.54) is 17.3 Å². The number of aryl methyl sites for hydroxylation is 1. The van der Waals surface area contributed by atoms with E-state index in [9.17, 15) is 4.79 Å². The topological polar surface area (TPSA) is 59.9 Å². The van der Waals surface area contributed by atoms with Crippen LogP contribution in [0.3, 0.4) is 0 Å². The minimum absolute atomic E-state index is 0.169. The van der Waals surface area contributed by atoms with Crippen LogP contribution in [0.1, 0.15) is 24.5 Å². The second-order valence-corrected chi connectivity index (χ2v) is 8.08. The lowest BCUT2D eigenvalue weighted by atomic mass is 10.2. The number of carbonyl (C=O) groups excluding carboxylic acids is 1. The molecule has 2 aromatic rings. The minimum atomic E-state index is -0.169. The molecule has 0 aliphatic carbocycles. The number of nitrogens with zero attached hydrogens (tertiary/aromatic N) is 1. The standard InChI is InChI=1S/C21H21BrN2O3S/c1-4-9-27-19-16(22)10-14(11-17(19)26-3)12-18-20(25)24-21(28-18)23-15-7-5-13(2)6-8-15/h5-8,10-12H,4,9H2,1-3H3,(H,23,24,25). The van der Waals surface area contributed by atoms with Gasteiger partial charge in [-0.05, 0) is 76.9 Å². The summed E-state index contributed by atoms with van der Waals surface area (Å²) in [5, 5.41) is 3.37. The van der Waals surface area contributed by atoms with E-state index in [2.05, 4.69) is 26.2 Å². The quantitative estimate of drug-likeness (QED) is 0.582. The normalized spacial score (nSPS) is 16.5. The summed E-state index contributed by atoms with van der Waals surface area (Å²) in [5.74, 6) is 1.11. The number of ether oxygens (including phenoxy) is 2. The average molecular weight is 461 g/mol. The predicted molar refractivity (Wildman–Crippen MR) is 118 cm³/mol. The summed E-state index contributed by atoms with van der Waals surface area (Å²) in [6, 6.07) is 11.6. The molecule has 5 nitrogen and oxygen atoms in total. The molecule has 1 fully saturated rings. The van der Waals surface area contributed by atoms with Gasteiger partial charge in [-0.1, -0.05) is 24.6 Å². The van der Waals surface area contributed by atoms with Crippen molar-refractivity contribution in [2.24, 2.45) is 4.99 Å². The van der Waals surface area contributed by atoms with Crippen LogP contribution in [0, 0.1) is 6.92 Å². The number of aliphatic imine (C=N–C) groups is 1.